The normalized spacial score (nSPS) is 11.0. The monoisotopic (exact) mass is 476 g/mol. The minimum Gasteiger partial charge on any atom is -0.453 e. The van der Waals surface area contributed by atoms with Crippen molar-refractivity contribution in [3.05, 3.63) is 46.9 Å². The van der Waals surface area contributed by atoms with Crippen LogP contribution in [0.3, 0.4) is 0 Å². The van der Waals surface area contributed by atoms with Gasteiger partial charge in [0.1, 0.15) is 11.1 Å². The average Bonchev–Trinajstić information content (AvgIpc) is 3.39. The highest BCUT2D eigenvalue weighted by Crippen LogP contribution is 2.30. The fourth-order valence-electron chi connectivity index (χ4n) is 2.51. The van der Waals surface area contributed by atoms with Crippen LogP contribution in [0.15, 0.2) is 56.5 Å². The molecule has 4 rings (SSSR count). The molecule has 0 spiro atoms. The Morgan fingerprint density at radius 3 is 3.04 bits per heavy atom. The lowest BCUT2D eigenvalue weighted by atomic mass is 10.2. The van der Waals surface area contributed by atoms with Crippen molar-refractivity contribution in [2.24, 2.45) is 0 Å². The summed E-state index contributed by atoms with van der Waals surface area (Å²) < 4.78 is 8.76. The average molecular weight is 477 g/mol. The molecule has 8 nitrogen and oxygen atoms in total. The number of thioether (sulfide) groups is 1. The number of halogens is 1. The molecule has 0 radical (unpaired) electrons. The molecule has 1 aromatic carbocycles. The van der Waals surface area contributed by atoms with Gasteiger partial charge in [-0.25, -0.2) is 0 Å². The predicted molar refractivity (Wildman–Crippen MR) is 112 cm³/mol. The van der Waals surface area contributed by atoms with Gasteiger partial charge in [0, 0.05) is 16.4 Å². The topological polar surface area (TPSA) is 98.7 Å². The second kappa shape index (κ2) is 8.25. The first-order chi connectivity index (χ1) is 13.6. The molecule has 0 unspecified atom stereocenters. The highest BCUT2D eigenvalue weighted by atomic mass is 79.9. The van der Waals surface area contributed by atoms with Gasteiger partial charge < -0.3 is 4.42 Å². The lowest BCUT2D eigenvalue weighted by Gasteiger charge is -2.06. The van der Waals surface area contributed by atoms with E-state index in [-0.39, 0.29) is 11.7 Å². The van der Waals surface area contributed by atoms with E-state index in [0.29, 0.717) is 28.4 Å². The Balaban J connectivity index is 1.56. The molecule has 0 bridgehead atoms. The predicted octanol–water partition coefficient (Wildman–Crippen LogP) is 4.22. The molecule has 0 saturated heterocycles. The Labute approximate surface area is 176 Å². The second-order valence-electron chi connectivity index (χ2n) is 5.58. The van der Waals surface area contributed by atoms with Gasteiger partial charge in [0.25, 0.3) is 0 Å². The number of carbonyl (C=O) groups is 1. The highest BCUT2D eigenvalue weighted by molar-refractivity contribution is 9.10. The zero-order valence-electron chi connectivity index (χ0n) is 14.3. The van der Waals surface area contributed by atoms with Crippen molar-refractivity contribution in [3.8, 4) is 11.6 Å². The molecule has 0 aliphatic rings. The number of allylic oxidation sites excluding steroid dienone is 1. The van der Waals surface area contributed by atoms with Crippen LogP contribution >= 0.6 is 39.0 Å². The van der Waals surface area contributed by atoms with Gasteiger partial charge in [0.15, 0.2) is 10.9 Å². The first kappa shape index (κ1) is 18.8. The molecule has 0 fully saturated rings. The van der Waals surface area contributed by atoms with E-state index in [4.69, 9.17) is 4.42 Å². The number of benzene rings is 1. The number of nitrogens with one attached hydrogen (secondary N) is 1. The van der Waals surface area contributed by atoms with E-state index in [0.717, 1.165) is 15.4 Å². The molecule has 3 heterocycles. The standard InChI is InChI=1S/C17H13BrN6O2S2/c1-2-5-24-15(13-7-10-6-11(18)3-4-12(10)26-13)21-23-17(24)27-8-14(25)20-16-22-19-9-28-16/h2-4,6-7,9H,1,5,8H2,(H,20,22,25). The van der Waals surface area contributed by atoms with Crippen LogP contribution in [-0.4, -0.2) is 36.6 Å². The van der Waals surface area contributed by atoms with Gasteiger partial charge in [-0.3, -0.25) is 14.7 Å². The summed E-state index contributed by atoms with van der Waals surface area (Å²) in [5.74, 6) is 1.17. The van der Waals surface area contributed by atoms with Crippen molar-refractivity contribution in [2.75, 3.05) is 11.1 Å². The molecule has 3 aromatic heterocycles. The number of furan rings is 1. The number of fused-ring (bicyclic) bond motifs is 1. The molecular formula is C17H13BrN6O2S2. The summed E-state index contributed by atoms with van der Waals surface area (Å²) in [5, 5.41) is 20.7. The largest absolute Gasteiger partial charge is 0.453 e. The molecule has 28 heavy (non-hydrogen) atoms. The van der Waals surface area contributed by atoms with Crippen molar-refractivity contribution in [3.63, 3.8) is 0 Å². The van der Waals surface area contributed by atoms with Gasteiger partial charge in [-0.05, 0) is 24.3 Å². The molecule has 1 N–H and O–H groups in total. The number of rotatable bonds is 7. The Bertz CT molecular complexity index is 1140. The summed E-state index contributed by atoms with van der Waals surface area (Å²) in [6, 6.07) is 7.71. The molecule has 4 aromatic rings. The fraction of sp³-hybridized carbons (Fsp3) is 0.118. The van der Waals surface area contributed by atoms with Crippen molar-refractivity contribution < 1.29 is 9.21 Å². The fourth-order valence-corrected chi connectivity index (χ4v) is 4.10. The molecular weight excluding hydrogens is 464 g/mol. The maximum absolute atomic E-state index is 12.1. The Morgan fingerprint density at radius 2 is 2.25 bits per heavy atom. The Morgan fingerprint density at radius 1 is 1.36 bits per heavy atom. The summed E-state index contributed by atoms with van der Waals surface area (Å²) in [7, 11) is 0. The third-order valence-electron chi connectivity index (χ3n) is 3.67. The molecule has 0 atom stereocenters. The van der Waals surface area contributed by atoms with Gasteiger partial charge in [0.05, 0.1) is 5.75 Å². The SMILES string of the molecule is C=CCn1c(SCC(=O)Nc2nncs2)nnc1-c1cc2cc(Br)ccc2o1. The van der Waals surface area contributed by atoms with Crippen molar-refractivity contribution in [1.82, 2.24) is 25.0 Å². The first-order valence-corrected chi connectivity index (χ1v) is 10.7. The third-order valence-corrected chi connectivity index (χ3v) is 5.73. The number of amides is 1. The van der Waals surface area contributed by atoms with E-state index in [1.165, 1.54) is 23.1 Å². The molecule has 0 aliphatic heterocycles. The summed E-state index contributed by atoms with van der Waals surface area (Å²) in [5.41, 5.74) is 2.32. The minimum absolute atomic E-state index is 0.169. The molecule has 142 valence electrons. The summed E-state index contributed by atoms with van der Waals surface area (Å²) in [4.78, 5) is 12.1. The first-order valence-electron chi connectivity index (χ1n) is 8.06. The van der Waals surface area contributed by atoms with Crippen LogP contribution in [0.2, 0.25) is 0 Å². The van der Waals surface area contributed by atoms with Crippen LogP contribution in [-0.2, 0) is 11.3 Å². The molecule has 11 heteroatoms. The van der Waals surface area contributed by atoms with Gasteiger partial charge in [-0.1, -0.05) is 45.1 Å². The molecule has 0 saturated carbocycles. The van der Waals surface area contributed by atoms with E-state index < -0.39 is 0 Å². The van der Waals surface area contributed by atoms with Gasteiger partial charge in [-0.2, -0.15) is 0 Å². The second-order valence-corrected chi connectivity index (χ2v) is 8.27. The van der Waals surface area contributed by atoms with E-state index >= 15 is 0 Å². The number of anilines is 1. The van der Waals surface area contributed by atoms with Crippen molar-refractivity contribution >= 4 is 61.0 Å². The lowest BCUT2D eigenvalue weighted by molar-refractivity contribution is -0.113. The minimum atomic E-state index is -0.190. The Kier molecular flexibility index (Phi) is 5.55. The van der Waals surface area contributed by atoms with Crippen LogP contribution in [0.1, 0.15) is 0 Å². The zero-order chi connectivity index (χ0) is 19.5. The number of carbonyl (C=O) groups excluding carboxylic acids is 1. The van der Waals surface area contributed by atoms with Crippen LogP contribution in [0.4, 0.5) is 5.13 Å². The van der Waals surface area contributed by atoms with Gasteiger partial charge in [-0.15, -0.1) is 27.0 Å². The summed E-state index contributed by atoms with van der Waals surface area (Å²) in [6.07, 6.45) is 1.75. The van der Waals surface area contributed by atoms with Crippen LogP contribution < -0.4 is 5.32 Å². The third kappa shape index (κ3) is 4.01. The smallest absolute Gasteiger partial charge is 0.236 e. The van der Waals surface area contributed by atoms with Crippen LogP contribution in [0.25, 0.3) is 22.6 Å². The van der Waals surface area contributed by atoms with Crippen molar-refractivity contribution in [2.45, 2.75) is 11.7 Å². The maximum atomic E-state index is 12.1. The number of hydrogen-bond donors (Lipinski definition) is 1. The van der Waals surface area contributed by atoms with Crippen molar-refractivity contribution in [1.29, 1.82) is 0 Å². The molecule has 1 amide bonds. The summed E-state index contributed by atoms with van der Waals surface area (Å²) >= 11 is 6.00. The maximum Gasteiger partial charge on any atom is 0.236 e. The molecule has 0 aliphatic carbocycles. The number of aromatic nitrogens is 5. The van der Waals surface area contributed by atoms with E-state index in [9.17, 15) is 4.79 Å². The van der Waals surface area contributed by atoms with Crippen LogP contribution in [0.5, 0.6) is 0 Å². The van der Waals surface area contributed by atoms with Gasteiger partial charge in [0.2, 0.25) is 16.9 Å². The van der Waals surface area contributed by atoms with E-state index in [1.54, 1.807) is 11.6 Å². The number of hydrogen-bond acceptors (Lipinski definition) is 8. The van der Waals surface area contributed by atoms with E-state index in [2.05, 4.69) is 48.2 Å². The summed E-state index contributed by atoms with van der Waals surface area (Å²) in [6.45, 7) is 4.28. The quantitative estimate of drug-likeness (QED) is 0.314. The number of nitrogens with zero attached hydrogens (tertiary/aromatic N) is 5. The lowest BCUT2D eigenvalue weighted by Crippen LogP contribution is -2.14. The Hall–Kier alpha value is -2.50. The van der Waals surface area contributed by atoms with Gasteiger partial charge >= 0.3 is 0 Å². The zero-order valence-corrected chi connectivity index (χ0v) is 17.6. The van der Waals surface area contributed by atoms with Crippen LogP contribution in [0, 0.1) is 0 Å². The highest BCUT2D eigenvalue weighted by Gasteiger charge is 2.18. The van der Waals surface area contributed by atoms with E-state index in [1.807, 2.05) is 28.8 Å².